The molecule has 0 radical (unpaired) electrons. The van der Waals surface area contributed by atoms with Crippen LogP contribution in [0.1, 0.15) is 12.1 Å². The number of carbonyl (C=O) groups is 3. The van der Waals surface area contributed by atoms with E-state index in [1.54, 1.807) is 0 Å². The molecule has 1 rings (SSSR count). The number of hydrogen-bond acceptors (Lipinski definition) is 12. The van der Waals surface area contributed by atoms with Crippen molar-refractivity contribution in [3.05, 3.63) is 38.4 Å². The number of carboxylic acids is 2. The van der Waals surface area contributed by atoms with Gasteiger partial charge in [-0.05, 0) is 13.0 Å². The van der Waals surface area contributed by atoms with Gasteiger partial charge in [0.25, 0.3) is 10.2 Å². The van der Waals surface area contributed by atoms with E-state index in [1.165, 1.54) is 12.5 Å². The van der Waals surface area contributed by atoms with Crippen molar-refractivity contribution in [1.29, 1.82) is 0 Å². The molecule has 1 aromatic rings. The van der Waals surface area contributed by atoms with Gasteiger partial charge in [-0.25, -0.2) is 9.78 Å². The Morgan fingerprint density at radius 3 is 2.27 bits per heavy atom. The Kier molecular flexibility index (Phi) is 15.2. The van der Waals surface area contributed by atoms with E-state index < -0.39 is 66.2 Å². The molecule has 0 spiro atoms. The van der Waals surface area contributed by atoms with Gasteiger partial charge in [0.1, 0.15) is 19.3 Å². The molecule has 1 aromatic heterocycles. The first-order chi connectivity index (χ1) is 17.2. The molecule has 0 bridgehead atoms. The smallest absolute Gasteiger partial charge is 0.480 e. The van der Waals surface area contributed by atoms with Gasteiger partial charge < -0.3 is 40.2 Å². The zero-order valence-electron chi connectivity index (χ0n) is 18.7. The predicted molar refractivity (Wildman–Crippen MR) is 109 cm³/mol. The van der Waals surface area contributed by atoms with E-state index in [0.717, 1.165) is 0 Å². The summed E-state index contributed by atoms with van der Waals surface area (Å²) in [6.45, 7) is -1.11. The van der Waals surface area contributed by atoms with Crippen LogP contribution < -0.4 is 10.6 Å². The molecule has 0 aliphatic heterocycles. The number of ether oxygens (including phenoxy) is 1. The maximum Gasteiger partial charge on any atom is 0.490 e. The van der Waals surface area contributed by atoms with Gasteiger partial charge in [0.15, 0.2) is 6.10 Å². The molecular weight excluding hydrogens is 525 g/mol. The lowest BCUT2D eigenvalue weighted by molar-refractivity contribution is -0.790. The third kappa shape index (κ3) is 17.8. The second kappa shape index (κ2) is 17.2. The molecule has 0 aliphatic rings. The molecule has 0 saturated heterocycles. The highest BCUT2D eigenvalue weighted by Gasteiger charge is 2.38. The first-order valence-electron chi connectivity index (χ1n) is 9.88. The highest BCUT2D eigenvalue weighted by atomic mass is 19.4. The van der Waals surface area contributed by atoms with E-state index in [-0.39, 0.29) is 13.0 Å². The fourth-order valence-electron chi connectivity index (χ4n) is 2.16. The number of aliphatic carboxylic acids is 2. The first-order valence-corrected chi connectivity index (χ1v) is 9.88. The highest BCUT2D eigenvalue weighted by Crippen LogP contribution is 2.13. The van der Waals surface area contributed by atoms with Crippen molar-refractivity contribution in [3.63, 3.8) is 0 Å². The molecule has 1 heterocycles. The first kappa shape index (κ1) is 32.7. The van der Waals surface area contributed by atoms with Gasteiger partial charge in [-0.1, -0.05) is 0 Å². The number of nitrogens with one attached hydrogen (secondary N) is 3. The number of imidazole rings is 1. The molecule has 2 atom stereocenters. The number of halogens is 3. The number of amides is 1. The van der Waals surface area contributed by atoms with E-state index in [4.69, 9.17) is 14.6 Å². The number of carbonyl (C=O) groups excluding carboxylic acids is 1. The third-order valence-corrected chi connectivity index (χ3v) is 3.72. The van der Waals surface area contributed by atoms with Crippen LogP contribution in [0.4, 0.5) is 13.2 Å². The van der Waals surface area contributed by atoms with Gasteiger partial charge in [-0.3, -0.25) is 9.59 Å². The summed E-state index contributed by atoms with van der Waals surface area (Å²) < 4.78 is 36.7. The minimum absolute atomic E-state index is 0.225. The molecule has 0 saturated carbocycles. The Labute approximate surface area is 204 Å². The van der Waals surface area contributed by atoms with Crippen LogP contribution in [0.15, 0.2) is 12.5 Å². The number of H-pyrrole nitrogens is 1. The van der Waals surface area contributed by atoms with Crippen LogP contribution in [0.5, 0.6) is 0 Å². The van der Waals surface area contributed by atoms with Crippen molar-refractivity contribution in [2.75, 3.05) is 32.9 Å². The van der Waals surface area contributed by atoms with E-state index in [2.05, 4.69) is 30.3 Å². The van der Waals surface area contributed by atoms with E-state index in [0.29, 0.717) is 18.7 Å². The minimum Gasteiger partial charge on any atom is -0.480 e. The third-order valence-electron chi connectivity index (χ3n) is 3.72. The summed E-state index contributed by atoms with van der Waals surface area (Å²) in [4.78, 5) is 67.0. The summed E-state index contributed by atoms with van der Waals surface area (Å²) in [5.74, 6) is -4.31. The van der Waals surface area contributed by atoms with Crippen LogP contribution in [0.3, 0.4) is 0 Å². The van der Waals surface area contributed by atoms with Crippen molar-refractivity contribution in [3.8, 4) is 0 Å². The number of aromatic nitrogens is 2. The maximum atomic E-state index is 11.7. The second-order valence-electron chi connectivity index (χ2n) is 6.62. The van der Waals surface area contributed by atoms with Crippen LogP contribution >= 0.6 is 0 Å². The summed E-state index contributed by atoms with van der Waals surface area (Å²) in [7, 11) is 0. The number of rotatable bonds is 17. The topological polar surface area (TPSA) is 258 Å². The molecular formula is C16H23F3N6O12. The minimum atomic E-state index is -5.08. The lowest BCUT2D eigenvalue weighted by Gasteiger charge is -2.14. The molecule has 37 heavy (non-hydrogen) atoms. The molecule has 18 nitrogen and oxygen atoms in total. The Hall–Kier alpha value is -4.27. The molecule has 0 fully saturated rings. The SMILES string of the molecule is O=C(COC[C@@H](CO[N+](=O)[O-])O[N+](=O)[O-])NCCCN[C@@H](Cc1cnc[nH]1)C(=O)O.O=C(O)C(F)(F)F. The number of alkyl halides is 3. The summed E-state index contributed by atoms with van der Waals surface area (Å²) in [5.41, 5.74) is 0.670. The van der Waals surface area contributed by atoms with Crippen LogP contribution in [0.2, 0.25) is 0 Å². The molecule has 21 heteroatoms. The van der Waals surface area contributed by atoms with Gasteiger partial charge in [0.2, 0.25) is 5.91 Å². The van der Waals surface area contributed by atoms with Crippen molar-refractivity contribution in [1.82, 2.24) is 20.6 Å². The monoisotopic (exact) mass is 548 g/mol. The van der Waals surface area contributed by atoms with Crippen molar-refractivity contribution in [2.45, 2.75) is 31.2 Å². The van der Waals surface area contributed by atoms with Gasteiger partial charge in [0, 0.05) is 24.9 Å². The summed E-state index contributed by atoms with van der Waals surface area (Å²) >= 11 is 0. The summed E-state index contributed by atoms with van der Waals surface area (Å²) in [6.07, 6.45) is -2.81. The quantitative estimate of drug-likeness (QED) is 0.0883. The Bertz CT molecular complexity index is 870. The Morgan fingerprint density at radius 2 is 1.78 bits per heavy atom. The normalized spacial score (nSPS) is 12.3. The molecule has 0 aliphatic carbocycles. The van der Waals surface area contributed by atoms with Gasteiger partial charge in [-0.2, -0.15) is 13.2 Å². The lowest BCUT2D eigenvalue weighted by Crippen LogP contribution is -2.40. The van der Waals surface area contributed by atoms with Crippen molar-refractivity contribution >= 4 is 17.8 Å². The molecule has 0 unspecified atom stereocenters. The van der Waals surface area contributed by atoms with Crippen LogP contribution in [-0.4, -0.2) is 99.4 Å². The molecule has 210 valence electrons. The van der Waals surface area contributed by atoms with Gasteiger partial charge >= 0.3 is 18.1 Å². The Morgan fingerprint density at radius 1 is 1.14 bits per heavy atom. The Balaban J connectivity index is 0.00000161. The van der Waals surface area contributed by atoms with Crippen LogP contribution in [0, 0.1) is 20.2 Å². The number of nitrogens with zero attached hydrogens (tertiary/aromatic N) is 3. The maximum absolute atomic E-state index is 11.7. The highest BCUT2D eigenvalue weighted by molar-refractivity contribution is 5.77. The predicted octanol–water partition coefficient (Wildman–Crippen LogP) is -1.06. The molecule has 0 aromatic carbocycles. The standard InChI is InChI=1S/C14H22N6O10.C2HF3O2/c21-13(8-28-6-11(30-20(26)27)7-29-19(24)25)17-3-1-2-16-12(14(22)23)4-10-5-15-9-18-10;3-2(4,5)1(6)7/h5,9,11-12,16H,1-4,6-8H2,(H,15,18)(H,17,21)(H,22,23);(H,6,7)/t11-,12-;/m0./s1. The number of hydrogen-bond donors (Lipinski definition) is 5. The molecule has 5 N–H and O–H groups in total. The number of carboxylic acid groups (broad SMARTS) is 2. The lowest BCUT2D eigenvalue weighted by atomic mass is 10.1. The van der Waals surface area contributed by atoms with E-state index in [1.807, 2.05) is 0 Å². The average Bonchev–Trinajstić information content (AvgIpc) is 3.28. The zero-order valence-corrected chi connectivity index (χ0v) is 18.7. The summed E-state index contributed by atoms with van der Waals surface area (Å²) in [6, 6.07) is -0.815. The largest absolute Gasteiger partial charge is 0.490 e. The fraction of sp³-hybridized carbons (Fsp3) is 0.625. The van der Waals surface area contributed by atoms with E-state index >= 15 is 0 Å². The number of aromatic amines is 1. The average molecular weight is 548 g/mol. The zero-order chi connectivity index (χ0) is 28.4. The van der Waals surface area contributed by atoms with Gasteiger partial charge in [0.05, 0.1) is 12.9 Å². The molecule has 1 amide bonds. The second-order valence-corrected chi connectivity index (χ2v) is 6.62. The van der Waals surface area contributed by atoms with E-state index in [9.17, 15) is 48.1 Å². The van der Waals surface area contributed by atoms with Crippen molar-refractivity contribution in [2.24, 2.45) is 0 Å². The summed E-state index contributed by atoms with van der Waals surface area (Å²) in [5, 5.41) is 39.8. The van der Waals surface area contributed by atoms with Crippen LogP contribution in [-0.2, 0) is 35.2 Å². The fourth-order valence-corrected chi connectivity index (χ4v) is 2.16. The van der Waals surface area contributed by atoms with Crippen molar-refractivity contribution < 1.29 is 62.4 Å². The van der Waals surface area contributed by atoms with Crippen LogP contribution in [0.25, 0.3) is 0 Å². The van der Waals surface area contributed by atoms with Gasteiger partial charge in [-0.15, -0.1) is 20.2 Å².